The molecule has 0 unspecified atom stereocenters. The molecule has 0 saturated heterocycles. The number of aliphatic hydroxyl groups is 1. The summed E-state index contributed by atoms with van der Waals surface area (Å²) in [5.41, 5.74) is 5.28. The lowest BCUT2D eigenvalue weighted by molar-refractivity contribution is -0.137. The molecule has 11 heteroatoms. The van der Waals surface area contributed by atoms with Gasteiger partial charge in [-0.3, -0.25) is 9.59 Å². The summed E-state index contributed by atoms with van der Waals surface area (Å²) < 4.78 is 43.5. The van der Waals surface area contributed by atoms with Crippen molar-refractivity contribution >= 4 is 17.9 Å². The third kappa shape index (κ3) is 9.19. The summed E-state index contributed by atoms with van der Waals surface area (Å²) in [6, 6.07) is 11.9. The zero-order chi connectivity index (χ0) is 24.4. The van der Waals surface area contributed by atoms with E-state index in [2.05, 4.69) is 10.6 Å². The number of benzene rings is 2. The maximum absolute atomic E-state index is 12.9. The molecule has 3 amide bonds. The predicted octanol–water partition coefficient (Wildman–Crippen LogP) is 1.90. The van der Waals surface area contributed by atoms with Crippen molar-refractivity contribution in [1.82, 2.24) is 10.6 Å². The monoisotopic (exact) mass is 467 g/mol. The third-order valence-electron chi connectivity index (χ3n) is 4.49. The summed E-state index contributed by atoms with van der Waals surface area (Å²) in [6.07, 6.45) is -7.38. The number of amides is 3. The quantitative estimate of drug-likeness (QED) is 0.424. The Hall–Kier alpha value is -3.60. The maximum atomic E-state index is 12.9. The number of hydrogen-bond acceptors (Lipinski definition) is 5. The van der Waals surface area contributed by atoms with Crippen molar-refractivity contribution in [2.45, 2.75) is 37.8 Å². The molecule has 2 aromatic rings. The van der Waals surface area contributed by atoms with Crippen LogP contribution in [0, 0.1) is 0 Å². The zero-order valence-electron chi connectivity index (χ0n) is 17.5. The summed E-state index contributed by atoms with van der Waals surface area (Å²) in [7, 11) is 0. The van der Waals surface area contributed by atoms with Gasteiger partial charge in [0.1, 0.15) is 12.6 Å². The molecule has 0 aliphatic rings. The molecule has 0 aliphatic carbocycles. The number of hydrogen-bond donors (Lipinski definition) is 4. The van der Waals surface area contributed by atoms with Crippen molar-refractivity contribution in [3.63, 3.8) is 0 Å². The van der Waals surface area contributed by atoms with Crippen molar-refractivity contribution in [2.75, 3.05) is 6.54 Å². The average Bonchev–Trinajstić information content (AvgIpc) is 2.76. The molecule has 0 bridgehead atoms. The number of primary amides is 1. The van der Waals surface area contributed by atoms with E-state index in [-0.39, 0.29) is 25.1 Å². The summed E-state index contributed by atoms with van der Waals surface area (Å²) in [4.78, 5) is 35.5. The van der Waals surface area contributed by atoms with E-state index in [1.807, 2.05) is 6.07 Å². The molecule has 33 heavy (non-hydrogen) atoms. The Bertz CT molecular complexity index is 954. The first-order valence-corrected chi connectivity index (χ1v) is 9.92. The van der Waals surface area contributed by atoms with Gasteiger partial charge in [0.05, 0.1) is 18.1 Å². The van der Waals surface area contributed by atoms with Gasteiger partial charge < -0.3 is 26.2 Å². The van der Waals surface area contributed by atoms with Gasteiger partial charge in [-0.05, 0) is 17.2 Å². The molecule has 2 rings (SSSR count). The topological polar surface area (TPSA) is 131 Å². The van der Waals surface area contributed by atoms with Crippen LogP contribution in [0.5, 0.6) is 0 Å². The minimum absolute atomic E-state index is 0.0269. The number of nitrogens with one attached hydrogen (secondary N) is 2. The van der Waals surface area contributed by atoms with Gasteiger partial charge in [0, 0.05) is 13.0 Å². The van der Waals surface area contributed by atoms with Gasteiger partial charge in [-0.1, -0.05) is 48.5 Å². The van der Waals surface area contributed by atoms with Crippen LogP contribution in [0.2, 0.25) is 0 Å². The highest BCUT2D eigenvalue weighted by Crippen LogP contribution is 2.29. The Morgan fingerprint density at radius 1 is 1.03 bits per heavy atom. The fourth-order valence-corrected chi connectivity index (χ4v) is 2.85. The molecule has 0 spiro atoms. The highest BCUT2D eigenvalue weighted by Gasteiger charge is 2.31. The van der Waals surface area contributed by atoms with Crippen LogP contribution >= 0.6 is 0 Å². The second-order valence-electron chi connectivity index (χ2n) is 7.23. The molecule has 0 saturated carbocycles. The Morgan fingerprint density at radius 2 is 1.70 bits per heavy atom. The highest BCUT2D eigenvalue weighted by atomic mass is 19.4. The summed E-state index contributed by atoms with van der Waals surface area (Å²) in [6.45, 7) is -0.269. The zero-order valence-corrected chi connectivity index (χ0v) is 17.5. The first-order valence-electron chi connectivity index (χ1n) is 9.92. The van der Waals surface area contributed by atoms with Crippen LogP contribution in [0.1, 0.15) is 23.1 Å². The number of halogens is 3. The highest BCUT2D eigenvalue weighted by molar-refractivity contribution is 5.87. The molecular formula is C22H24F3N3O5. The molecule has 5 N–H and O–H groups in total. The second kappa shape index (κ2) is 11.9. The lowest BCUT2D eigenvalue weighted by atomic mass is 10.0. The van der Waals surface area contributed by atoms with Gasteiger partial charge in [0.25, 0.3) is 0 Å². The standard InChI is InChI=1S/C22H24F3N3O5/c23-22(24,25)16-8-4-7-15(9-16)10-18(20(26)31)28-19(30)11-17(29)12-27-21(32)33-13-14-5-2-1-3-6-14/h1-9,17-18,29H,10-13H2,(H2,26,31)(H,27,32)(H,28,30)/t17-,18+/m1/s1. The van der Waals surface area contributed by atoms with E-state index in [0.29, 0.717) is 0 Å². The van der Waals surface area contributed by atoms with Gasteiger partial charge in [-0.15, -0.1) is 0 Å². The third-order valence-corrected chi connectivity index (χ3v) is 4.49. The summed E-state index contributed by atoms with van der Waals surface area (Å²) in [5.74, 6) is -1.71. The van der Waals surface area contributed by atoms with Crippen LogP contribution < -0.4 is 16.4 Å². The lowest BCUT2D eigenvalue weighted by Gasteiger charge is -2.18. The number of nitrogens with two attached hydrogens (primary N) is 1. The number of alkyl carbamates (subject to hydrolysis) is 1. The predicted molar refractivity (Wildman–Crippen MR) is 112 cm³/mol. The molecule has 178 valence electrons. The van der Waals surface area contributed by atoms with Gasteiger partial charge in [-0.2, -0.15) is 13.2 Å². The lowest BCUT2D eigenvalue weighted by Crippen LogP contribution is -2.47. The fourth-order valence-electron chi connectivity index (χ4n) is 2.85. The molecule has 0 aliphatic heterocycles. The van der Waals surface area contributed by atoms with Gasteiger partial charge >= 0.3 is 12.3 Å². The number of carbonyl (C=O) groups excluding carboxylic acids is 3. The average molecular weight is 467 g/mol. The van der Waals surface area contributed by atoms with Crippen LogP contribution in [0.3, 0.4) is 0 Å². The van der Waals surface area contributed by atoms with Crippen LogP contribution in [0.25, 0.3) is 0 Å². The molecular weight excluding hydrogens is 443 g/mol. The van der Waals surface area contributed by atoms with Crippen LogP contribution in [-0.2, 0) is 33.5 Å². The number of carbonyl (C=O) groups is 3. The Balaban J connectivity index is 1.80. The van der Waals surface area contributed by atoms with E-state index in [1.165, 1.54) is 12.1 Å². The fraction of sp³-hybridized carbons (Fsp3) is 0.318. The summed E-state index contributed by atoms with van der Waals surface area (Å²) >= 11 is 0. The molecule has 0 aromatic heterocycles. The smallest absolute Gasteiger partial charge is 0.416 e. The van der Waals surface area contributed by atoms with Crippen LogP contribution in [0.4, 0.5) is 18.0 Å². The molecule has 2 aromatic carbocycles. The van der Waals surface area contributed by atoms with E-state index in [9.17, 15) is 32.7 Å². The normalized spacial score (nSPS) is 13.0. The van der Waals surface area contributed by atoms with E-state index < -0.39 is 48.2 Å². The van der Waals surface area contributed by atoms with Gasteiger partial charge in [0.15, 0.2) is 0 Å². The van der Waals surface area contributed by atoms with Crippen molar-refractivity contribution in [3.8, 4) is 0 Å². The minimum atomic E-state index is -4.55. The Morgan fingerprint density at radius 3 is 2.33 bits per heavy atom. The van der Waals surface area contributed by atoms with E-state index >= 15 is 0 Å². The Kier molecular flexibility index (Phi) is 9.22. The van der Waals surface area contributed by atoms with Crippen molar-refractivity contribution in [2.24, 2.45) is 5.73 Å². The minimum Gasteiger partial charge on any atom is -0.445 e. The number of alkyl halides is 3. The van der Waals surface area contributed by atoms with E-state index in [0.717, 1.165) is 17.7 Å². The largest absolute Gasteiger partial charge is 0.445 e. The SMILES string of the molecule is NC(=O)[C@H](Cc1cccc(C(F)(F)F)c1)NC(=O)C[C@@H](O)CNC(=O)OCc1ccccc1. The number of aliphatic hydroxyl groups excluding tert-OH is 1. The van der Waals surface area contributed by atoms with Crippen molar-refractivity contribution in [3.05, 3.63) is 71.3 Å². The van der Waals surface area contributed by atoms with Crippen LogP contribution in [0.15, 0.2) is 54.6 Å². The van der Waals surface area contributed by atoms with Crippen LogP contribution in [-0.4, -0.2) is 41.7 Å². The van der Waals surface area contributed by atoms with E-state index in [4.69, 9.17) is 10.5 Å². The second-order valence-corrected chi connectivity index (χ2v) is 7.23. The van der Waals surface area contributed by atoms with Crippen molar-refractivity contribution < 1.29 is 37.4 Å². The molecule has 0 radical (unpaired) electrons. The maximum Gasteiger partial charge on any atom is 0.416 e. The first-order chi connectivity index (χ1) is 15.5. The van der Waals surface area contributed by atoms with Gasteiger partial charge in [-0.25, -0.2) is 4.79 Å². The van der Waals surface area contributed by atoms with E-state index in [1.54, 1.807) is 24.3 Å². The summed E-state index contributed by atoms with van der Waals surface area (Å²) in [5, 5.41) is 14.5. The molecule has 2 atom stereocenters. The molecule has 0 fully saturated rings. The molecule has 8 nitrogen and oxygen atoms in total. The van der Waals surface area contributed by atoms with Gasteiger partial charge in [0.2, 0.25) is 11.8 Å². The van der Waals surface area contributed by atoms with Crippen molar-refractivity contribution in [1.29, 1.82) is 0 Å². The Labute approximate surface area is 187 Å². The molecule has 0 heterocycles. The number of ether oxygens (including phenoxy) is 1. The first kappa shape index (κ1) is 25.7. The number of rotatable bonds is 10.